The summed E-state index contributed by atoms with van der Waals surface area (Å²) in [7, 11) is -3.49. The summed E-state index contributed by atoms with van der Waals surface area (Å²) in [5, 5.41) is 1.92. The van der Waals surface area contributed by atoms with Crippen LogP contribution in [-0.4, -0.2) is 21.0 Å². The third-order valence-corrected chi connectivity index (χ3v) is 4.33. The van der Waals surface area contributed by atoms with Crippen molar-refractivity contribution < 1.29 is 8.42 Å². The van der Waals surface area contributed by atoms with Crippen LogP contribution in [0.4, 0.5) is 0 Å². The topological polar surface area (TPSA) is 72.2 Å². The van der Waals surface area contributed by atoms with Crippen LogP contribution in [-0.2, 0) is 10.0 Å². The van der Waals surface area contributed by atoms with Crippen LogP contribution < -0.4 is 10.5 Å². The van der Waals surface area contributed by atoms with Gasteiger partial charge in [0.1, 0.15) is 0 Å². The van der Waals surface area contributed by atoms with E-state index in [1.54, 1.807) is 25.1 Å². The summed E-state index contributed by atoms with van der Waals surface area (Å²) in [6, 6.07) is 12.4. The summed E-state index contributed by atoms with van der Waals surface area (Å²) < 4.78 is 26.7. The summed E-state index contributed by atoms with van der Waals surface area (Å²) in [6.45, 7) is 2.01. The highest BCUT2D eigenvalue weighted by Crippen LogP contribution is 2.18. The maximum atomic E-state index is 12.1. The van der Waals surface area contributed by atoms with Crippen molar-refractivity contribution in [2.24, 2.45) is 5.73 Å². The first-order valence-electron chi connectivity index (χ1n) is 5.74. The molecule has 0 radical (unpaired) electrons. The van der Waals surface area contributed by atoms with Gasteiger partial charge in [-0.05, 0) is 29.8 Å². The van der Waals surface area contributed by atoms with Gasteiger partial charge in [0.25, 0.3) is 0 Å². The van der Waals surface area contributed by atoms with Gasteiger partial charge in [0.2, 0.25) is 10.0 Å². The zero-order valence-electron chi connectivity index (χ0n) is 10.1. The molecule has 96 valence electrons. The van der Waals surface area contributed by atoms with Gasteiger partial charge in [0.05, 0.1) is 4.90 Å². The van der Waals surface area contributed by atoms with E-state index in [4.69, 9.17) is 5.73 Å². The Morgan fingerprint density at radius 3 is 2.50 bits per heavy atom. The molecule has 0 aromatic heterocycles. The Balaban J connectivity index is 2.41. The van der Waals surface area contributed by atoms with Crippen LogP contribution in [0, 0.1) is 0 Å². The van der Waals surface area contributed by atoms with E-state index in [1.165, 1.54) is 0 Å². The first-order valence-corrected chi connectivity index (χ1v) is 7.22. The molecule has 2 aromatic carbocycles. The molecule has 0 unspecified atom stereocenters. The maximum Gasteiger partial charge on any atom is 0.240 e. The van der Waals surface area contributed by atoms with Crippen LogP contribution in [0.1, 0.15) is 6.92 Å². The smallest absolute Gasteiger partial charge is 0.240 e. The van der Waals surface area contributed by atoms with Crippen LogP contribution in [0.25, 0.3) is 10.8 Å². The highest BCUT2D eigenvalue weighted by molar-refractivity contribution is 7.89. The van der Waals surface area contributed by atoms with Gasteiger partial charge >= 0.3 is 0 Å². The van der Waals surface area contributed by atoms with Gasteiger partial charge in [0.15, 0.2) is 0 Å². The molecule has 2 rings (SSSR count). The van der Waals surface area contributed by atoms with E-state index in [0.29, 0.717) is 0 Å². The lowest BCUT2D eigenvalue weighted by Crippen LogP contribution is -2.37. The third kappa shape index (κ3) is 2.69. The molecule has 0 amide bonds. The maximum absolute atomic E-state index is 12.1. The Labute approximate surface area is 107 Å². The average molecular weight is 264 g/mol. The molecule has 18 heavy (non-hydrogen) atoms. The molecule has 0 heterocycles. The summed E-state index contributed by atoms with van der Waals surface area (Å²) >= 11 is 0. The second-order valence-corrected chi connectivity index (χ2v) is 5.98. The van der Waals surface area contributed by atoms with Gasteiger partial charge < -0.3 is 5.73 Å². The molecule has 2 aromatic rings. The summed E-state index contributed by atoms with van der Waals surface area (Å²) in [6.07, 6.45) is 0. The van der Waals surface area contributed by atoms with Gasteiger partial charge in [-0.25, -0.2) is 13.1 Å². The molecule has 0 aliphatic carbocycles. The molecule has 4 nitrogen and oxygen atoms in total. The first-order chi connectivity index (χ1) is 8.53. The van der Waals surface area contributed by atoms with Crippen LogP contribution >= 0.6 is 0 Å². The monoisotopic (exact) mass is 264 g/mol. The van der Waals surface area contributed by atoms with Crippen molar-refractivity contribution in [1.82, 2.24) is 4.72 Å². The van der Waals surface area contributed by atoms with Gasteiger partial charge in [-0.15, -0.1) is 0 Å². The molecule has 0 aliphatic rings. The van der Waals surface area contributed by atoms with Crippen molar-refractivity contribution in [3.63, 3.8) is 0 Å². The third-order valence-electron chi connectivity index (χ3n) is 2.74. The SMILES string of the molecule is C[C@H](CN)NS(=O)(=O)c1ccc2ccccc2c1. The molecule has 5 heteroatoms. The first kappa shape index (κ1) is 13.0. The molecular weight excluding hydrogens is 248 g/mol. The fourth-order valence-corrected chi connectivity index (χ4v) is 3.01. The highest BCUT2D eigenvalue weighted by atomic mass is 32.2. The van der Waals surface area contributed by atoms with Crippen molar-refractivity contribution in [2.45, 2.75) is 17.9 Å². The minimum Gasteiger partial charge on any atom is -0.329 e. The molecule has 0 saturated heterocycles. The standard InChI is InChI=1S/C13H16N2O2S/c1-10(9-14)15-18(16,17)13-7-6-11-4-2-3-5-12(11)8-13/h2-8,10,15H,9,14H2,1H3/t10-/m1/s1. The van der Waals surface area contributed by atoms with Crippen molar-refractivity contribution in [2.75, 3.05) is 6.54 Å². The fourth-order valence-electron chi connectivity index (χ4n) is 1.72. The number of fused-ring (bicyclic) bond motifs is 1. The molecule has 0 spiro atoms. The van der Waals surface area contributed by atoms with E-state index in [9.17, 15) is 8.42 Å². The number of nitrogens with two attached hydrogens (primary N) is 1. The number of sulfonamides is 1. The van der Waals surface area contributed by atoms with Crippen LogP contribution in [0.15, 0.2) is 47.4 Å². The average Bonchev–Trinajstić information content (AvgIpc) is 2.37. The Hall–Kier alpha value is -1.43. The molecule has 0 aliphatic heterocycles. The van der Waals surface area contributed by atoms with Crippen LogP contribution in [0.2, 0.25) is 0 Å². The Kier molecular flexibility index (Phi) is 3.65. The van der Waals surface area contributed by atoms with E-state index in [-0.39, 0.29) is 17.5 Å². The molecular formula is C13H16N2O2S. The number of hydrogen-bond acceptors (Lipinski definition) is 3. The quantitative estimate of drug-likeness (QED) is 0.878. The fraction of sp³-hybridized carbons (Fsp3) is 0.231. The second kappa shape index (κ2) is 5.06. The number of rotatable bonds is 4. The lowest BCUT2D eigenvalue weighted by Gasteiger charge is -2.12. The van der Waals surface area contributed by atoms with Crippen LogP contribution in [0.5, 0.6) is 0 Å². The lowest BCUT2D eigenvalue weighted by molar-refractivity contribution is 0.563. The van der Waals surface area contributed by atoms with E-state index < -0.39 is 10.0 Å². The Morgan fingerprint density at radius 2 is 1.83 bits per heavy atom. The second-order valence-electron chi connectivity index (χ2n) is 4.27. The predicted molar refractivity (Wildman–Crippen MR) is 72.8 cm³/mol. The van der Waals surface area contributed by atoms with Gasteiger partial charge in [0, 0.05) is 12.6 Å². The normalized spacial score (nSPS) is 13.7. The van der Waals surface area contributed by atoms with E-state index in [2.05, 4.69) is 4.72 Å². The number of benzene rings is 2. The molecule has 3 N–H and O–H groups in total. The van der Waals surface area contributed by atoms with E-state index in [0.717, 1.165) is 10.8 Å². The summed E-state index contributed by atoms with van der Waals surface area (Å²) in [4.78, 5) is 0.265. The van der Waals surface area contributed by atoms with Gasteiger partial charge in [-0.2, -0.15) is 0 Å². The predicted octanol–water partition coefficient (Wildman–Crippen LogP) is 1.47. The van der Waals surface area contributed by atoms with Gasteiger partial charge in [-0.3, -0.25) is 0 Å². The largest absolute Gasteiger partial charge is 0.329 e. The Bertz CT molecular complexity index is 653. The molecule has 0 bridgehead atoms. The van der Waals surface area contributed by atoms with E-state index in [1.807, 2.05) is 24.3 Å². The zero-order valence-corrected chi connectivity index (χ0v) is 10.9. The lowest BCUT2D eigenvalue weighted by atomic mass is 10.1. The van der Waals surface area contributed by atoms with Gasteiger partial charge in [-0.1, -0.05) is 30.3 Å². The minimum absolute atomic E-state index is 0.265. The van der Waals surface area contributed by atoms with Crippen molar-refractivity contribution in [3.05, 3.63) is 42.5 Å². The molecule has 0 fully saturated rings. The highest BCUT2D eigenvalue weighted by Gasteiger charge is 2.16. The number of nitrogens with one attached hydrogen (secondary N) is 1. The summed E-state index contributed by atoms with van der Waals surface area (Å²) in [5.74, 6) is 0. The van der Waals surface area contributed by atoms with Crippen molar-refractivity contribution in [3.8, 4) is 0 Å². The zero-order chi connectivity index (χ0) is 13.2. The molecule has 0 saturated carbocycles. The Morgan fingerprint density at radius 1 is 1.17 bits per heavy atom. The molecule has 1 atom stereocenters. The minimum atomic E-state index is -3.49. The van der Waals surface area contributed by atoms with E-state index >= 15 is 0 Å². The number of hydrogen-bond donors (Lipinski definition) is 2. The van der Waals surface area contributed by atoms with Crippen LogP contribution in [0.3, 0.4) is 0 Å². The summed E-state index contributed by atoms with van der Waals surface area (Å²) in [5.41, 5.74) is 5.42. The van der Waals surface area contributed by atoms with Crippen molar-refractivity contribution >= 4 is 20.8 Å². The van der Waals surface area contributed by atoms with Crippen molar-refractivity contribution in [1.29, 1.82) is 0 Å².